The Morgan fingerprint density at radius 3 is 2.72 bits per heavy atom. The number of hydrogen-bond acceptors (Lipinski definition) is 4. The summed E-state index contributed by atoms with van der Waals surface area (Å²) >= 11 is 3.45. The van der Waals surface area contributed by atoms with Crippen molar-refractivity contribution in [1.82, 2.24) is 14.8 Å². The van der Waals surface area contributed by atoms with E-state index in [1.165, 1.54) is 0 Å². The van der Waals surface area contributed by atoms with Gasteiger partial charge in [-0.25, -0.2) is 0 Å². The number of benzene rings is 1. The normalized spacial score (nSPS) is 10.4. The summed E-state index contributed by atoms with van der Waals surface area (Å²) in [6, 6.07) is 5.84. The summed E-state index contributed by atoms with van der Waals surface area (Å²) in [5, 5.41) is 11.4. The molecule has 0 bridgehead atoms. The zero-order chi connectivity index (χ0) is 13.1. The SMILES string of the molecule is COc1cc(Br)cc(NCc2nnc(C)n2C)c1. The summed E-state index contributed by atoms with van der Waals surface area (Å²) in [6.45, 7) is 2.55. The van der Waals surface area contributed by atoms with E-state index in [9.17, 15) is 0 Å². The summed E-state index contributed by atoms with van der Waals surface area (Å²) in [7, 11) is 3.60. The fourth-order valence-electron chi connectivity index (χ4n) is 1.57. The highest BCUT2D eigenvalue weighted by molar-refractivity contribution is 9.10. The third-order valence-electron chi connectivity index (χ3n) is 2.74. The largest absolute Gasteiger partial charge is 0.497 e. The van der Waals surface area contributed by atoms with E-state index in [-0.39, 0.29) is 0 Å². The van der Waals surface area contributed by atoms with Gasteiger partial charge in [-0.1, -0.05) is 15.9 Å². The second-order valence-electron chi connectivity index (χ2n) is 3.96. The first-order valence-corrected chi connectivity index (χ1v) is 6.33. The highest BCUT2D eigenvalue weighted by atomic mass is 79.9. The van der Waals surface area contributed by atoms with Gasteiger partial charge >= 0.3 is 0 Å². The van der Waals surface area contributed by atoms with Crippen LogP contribution in [0, 0.1) is 6.92 Å². The molecule has 1 aromatic heterocycles. The predicted molar refractivity (Wildman–Crippen MR) is 73.8 cm³/mol. The van der Waals surface area contributed by atoms with Gasteiger partial charge in [0, 0.05) is 23.3 Å². The molecule has 0 aliphatic heterocycles. The number of ether oxygens (including phenoxy) is 1. The lowest BCUT2D eigenvalue weighted by atomic mass is 10.3. The van der Waals surface area contributed by atoms with Gasteiger partial charge in [0.25, 0.3) is 0 Å². The third-order valence-corrected chi connectivity index (χ3v) is 3.20. The smallest absolute Gasteiger partial charge is 0.152 e. The summed E-state index contributed by atoms with van der Waals surface area (Å²) in [6.07, 6.45) is 0. The van der Waals surface area contributed by atoms with E-state index in [0.29, 0.717) is 6.54 Å². The van der Waals surface area contributed by atoms with Gasteiger partial charge in [0.05, 0.1) is 13.7 Å². The molecule has 6 heteroatoms. The fourth-order valence-corrected chi connectivity index (χ4v) is 2.04. The van der Waals surface area contributed by atoms with Gasteiger partial charge in [-0.3, -0.25) is 0 Å². The molecule has 0 radical (unpaired) electrons. The van der Waals surface area contributed by atoms with Gasteiger partial charge in [0.2, 0.25) is 0 Å². The van der Waals surface area contributed by atoms with Crippen LogP contribution in [0.5, 0.6) is 5.75 Å². The lowest BCUT2D eigenvalue weighted by molar-refractivity contribution is 0.414. The summed E-state index contributed by atoms with van der Waals surface area (Å²) in [5.41, 5.74) is 0.974. The molecule has 0 amide bonds. The average molecular weight is 311 g/mol. The van der Waals surface area contributed by atoms with Crippen LogP contribution in [0.25, 0.3) is 0 Å². The number of rotatable bonds is 4. The minimum Gasteiger partial charge on any atom is -0.497 e. The predicted octanol–water partition coefficient (Wildman–Crippen LogP) is 2.51. The molecule has 0 unspecified atom stereocenters. The highest BCUT2D eigenvalue weighted by Gasteiger charge is 2.05. The van der Waals surface area contributed by atoms with Crippen LogP contribution >= 0.6 is 15.9 Å². The van der Waals surface area contributed by atoms with Crippen molar-refractivity contribution < 1.29 is 4.74 Å². The van der Waals surface area contributed by atoms with Crippen LogP contribution in [0.15, 0.2) is 22.7 Å². The molecule has 1 heterocycles. The Morgan fingerprint density at radius 2 is 2.11 bits per heavy atom. The van der Waals surface area contributed by atoms with Gasteiger partial charge in [0.1, 0.15) is 11.6 Å². The third kappa shape index (κ3) is 2.81. The molecule has 5 nitrogen and oxygen atoms in total. The maximum Gasteiger partial charge on any atom is 0.152 e. The van der Waals surface area contributed by atoms with E-state index >= 15 is 0 Å². The number of methoxy groups -OCH3 is 1. The average Bonchev–Trinajstić information content (AvgIpc) is 2.67. The molecule has 0 aliphatic rings. The maximum absolute atomic E-state index is 5.21. The first-order chi connectivity index (χ1) is 8.60. The molecule has 0 saturated carbocycles. The maximum atomic E-state index is 5.21. The molecule has 1 aromatic carbocycles. The molecule has 18 heavy (non-hydrogen) atoms. The van der Waals surface area contributed by atoms with Crippen molar-refractivity contribution in [1.29, 1.82) is 0 Å². The Balaban J connectivity index is 2.10. The zero-order valence-electron chi connectivity index (χ0n) is 10.6. The van der Waals surface area contributed by atoms with Gasteiger partial charge in [-0.2, -0.15) is 0 Å². The number of anilines is 1. The molecule has 1 N–H and O–H groups in total. The molecule has 2 aromatic rings. The molecule has 0 saturated heterocycles. The Hall–Kier alpha value is -1.56. The van der Waals surface area contributed by atoms with Crippen LogP contribution < -0.4 is 10.1 Å². The molecule has 96 valence electrons. The van der Waals surface area contributed by atoms with Crippen LogP contribution in [-0.2, 0) is 13.6 Å². The Kier molecular flexibility index (Phi) is 3.86. The van der Waals surface area contributed by atoms with E-state index < -0.39 is 0 Å². The number of aryl methyl sites for hydroxylation is 1. The van der Waals surface area contributed by atoms with Crippen LogP contribution in [0.2, 0.25) is 0 Å². The van der Waals surface area contributed by atoms with Gasteiger partial charge in [-0.05, 0) is 19.1 Å². The van der Waals surface area contributed by atoms with Gasteiger partial charge in [-0.15, -0.1) is 10.2 Å². The first kappa shape index (κ1) is 12.9. The minimum absolute atomic E-state index is 0.622. The molecule has 0 aliphatic carbocycles. The van der Waals surface area contributed by atoms with Crippen molar-refractivity contribution in [3.63, 3.8) is 0 Å². The van der Waals surface area contributed by atoms with Crippen molar-refractivity contribution in [3.05, 3.63) is 34.3 Å². The zero-order valence-corrected chi connectivity index (χ0v) is 12.2. The summed E-state index contributed by atoms with van der Waals surface area (Å²) in [5.74, 6) is 2.60. The monoisotopic (exact) mass is 310 g/mol. The van der Waals surface area contributed by atoms with Crippen LogP contribution in [0.1, 0.15) is 11.6 Å². The number of aromatic nitrogens is 3. The topological polar surface area (TPSA) is 52.0 Å². The number of halogens is 1. The van der Waals surface area contributed by atoms with E-state index in [0.717, 1.165) is 27.6 Å². The Bertz CT molecular complexity index is 553. The molecular formula is C12H15BrN4O. The second-order valence-corrected chi connectivity index (χ2v) is 4.87. The van der Waals surface area contributed by atoms with Gasteiger partial charge < -0.3 is 14.6 Å². The standard InChI is InChI=1S/C12H15BrN4O/c1-8-15-16-12(17(8)2)7-14-10-4-9(13)5-11(6-10)18-3/h4-6,14H,7H2,1-3H3. The quantitative estimate of drug-likeness (QED) is 0.942. The number of nitrogens with one attached hydrogen (secondary N) is 1. The fraction of sp³-hybridized carbons (Fsp3) is 0.333. The molecule has 0 fully saturated rings. The van der Waals surface area contributed by atoms with E-state index in [1.807, 2.05) is 36.7 Å². The van der Waals surface area contributed by atoms with Crippen molar-refractivity contribution in [3.8, 4) is 5.75 Å². The Labute approximate surface area is 114 Å². The minimum atomic E-state index is 0.622. The van der Waals surface area contributed by atoms with Gasteiger partial charge in [0.15, 0.2) is 5.82 Å². The van der Waals surface area contributed by atoms with Crippen molar-refractivity contribution in [2.45, 2.75) is 13.5 Å². The van der Waals surface area contributed by atoms with Crippen molar-refractivity contribution >= 4 is 21.6 Å². The van der Waals surface area contributed by atoms with Crippen molar-refractivity contribution in [2.75, 3.05) is 12.4 Å². The first-order valence-electron chi connectivity index (χ1n) is 5.53. The molecular weight excluding hydrogens is 296 g/mol. The Morgan fingerprint density at radius 1 is 1.33 bits per heavy atom. The molecule has 2 rings (SSSR count). The lowest BCUT2D eigenvalue weighted by Gasteiger charge is -2.09. The summed E-state index contributed by atoms with van der Waals surface area (Å²) in [4.78, 5) is 0. The van der Waals surface area contributed by atoms with Crippen LogP contribution in [0.3, 0.4) is 0 Å². The highest BCUT2D eigenvalue weighted by Crippen LogP contribution is 2.24. The van der Waals surface area contributed by atoms with E-state index in [4.69, 9.17) is 4.74 Å². The van der Waals surface area contributed by atoms with Crippen LogP contribution in [0.4, 0.5) is 5.69 Å². The molecule has 0 spiro atoms. The van der Waals surface area contributed by atoms with Crippen molar-refractivity contribution in [2.24, 2.45) is 7.05 Å². The van der Waals surface area contributed by atoms with E-state index in [2.05, 4.69) is 31.4 Å². The second kappa shape index (κ2) is 5.39. The number of hydrogen-bond donors (Lipinski definition) is 1. The van der Waals surface area contributed by atoms with Crippen LogP contribution in [-0.4, -0.2) is 21.9 Å². The van der Waals surface area contributed by atoms with E-state index in [1.54, 1.807) is 7.11 Å². The lowest BCUT2D eigenvalue weighted by Crippen LogP contribution is -2.06. The number of nitrogens with zero attached hydrogens (tertiary/aromatic N) is 3. The summed E-state index contributed by atoms with van der Waals surface area (Å²) < 4.78 is 8.14. The molecule has 0 atom stereocenters.